The van der Waals surface area contributed by atoms with Gasteiger partial charge < -0.3 is 15.2 Å². The molecule has 1 aromatic heterocycles. The largest absolute Gasteiger partial charge is 0.416 e. The van der Waals surface area contributed by atoms with E-state index in [1.807, 2.05) is 12.1 Å². The van der Waals surface area contributed by atoms with E-state index in [1.54, 1.807) is 12.1 Å². The topological polar surface area (TPSA) is 46.1 Å². The third kappa shape index (κ3) is 3.79. The van der Waals surface area contributed by atoms with Crippen LogP contribution in [0.2, 0.25) is 0 Å². The standard InChI is InChI=1S/C23H22F3N3O/c1-14-15(2)29(21-8-4-7-20(14)21)19-11-9-17(10-12-19)27-22(30)28-18-6-3-5-16(13-18)23(24,25)26/h3,5-6,9-13H,4,7-8H2,1-2H3,(H2,27,28,30). The number of aromatic nitrogens is 1. The van der Waals surface area contributed by atoms with Crippen molar-refractivity contribution in [2.24, 2.45) is 0 Å². The number of amides is 2. The molecule has 0 saturated carbocycles. The van der Waals surface area contributed by atoms with E-state index in [4.69, 9.17) is 0 Å². The molecule has 0 atom stereocenters. The highest BCUT2D eigenvalue weighted by molar-refractivity contribution is 5.99. The van der Waals surface area contributed by atoms with Gasteiger partial charge in [-0.15, -0.1) is 0 Å². The number of halogens is 3. The molecule has 1 aliphatic rings. The van der Waals surface area contributed by atoms with Crippen molar-refractivity contribution in [2.45, 2.75) is 39.3 Å². The van der Waals surface area contributed by atoms with Crippen LogP contribution in [0, 0.1) is 13.8 Å². The molecule has 0 unspecified atom stereocenters. The molecule has 0 radical (unpaired) electrons. The highest BCUT2D eigenvalue weighted by Crippen LogP contribution is 2.33. The predicted octanol–water partition coefficient (Wildman–Crippen LogP) is 6.25. The number of carbonyl (C=O) groups excluding carboxylic acids is 1. The fraction of sp³-hybridized carbons (Fsp3) is 0.261. The minimum absolute atomic E-state index is 0.0768. The van der Waals surface area contributed by atoms with Gasteiger partial charge in [0.05, 0.1) is 5.56 Å². The van der Waals surface area contributed by atoms with Crippen molar-refractivity contribution >= 4 is 17.4 Å². The number of benzene rings is 2. The Hall–Kier alpha value is -3.22. The van der Waals surface area contributed by atoms with Gasteiger partial charge in [0.25, 0.3) is 0 Å². The summed E-state index contributed by atoms with van der Waals surface area (Å²) in [5.74, 6) is 0. The van der Waals surface area contributed by atoms with Gasteiger partial charge in [0.15, 0.2) is 0 Å². The highest BCUT2D eigenvalue weighted by Gasteiger charge is 2.30. The Kier molecular flexibility index (Phi) is 5.05. The summed E-state index contributed by atoms with van der Waals surface area (Å²) in [6.45, 7) is 4.27. The van der Waals surface area contributed by atoms with Crippen LogP contribution in [-0.2, 0) is 19.0 Å². The van der Waals surface area contributed by atoms with Crippen LogP contribution < -0.4 is 10.6 Å². The van der Waals surface area contributed by atoms with Crippen molar-refractivity contribution in [3.05, 3.63) is 76.6 Å². The number of urea groups is 1. The van der Waals surface area contributed by atoms with Gasteiger partial charge in [-0.3, -0.25) is 0 Å². The Morgan fingerprint density at radius 3 is 2.37 bits per heavy atom. The predicted molar refractivity (Wildman–Crippen MR) is 111 cm³/mol. The van der Waals surface area contributed by atoms with Gasteiger partial charge in [-0.1, -0.05) is 6.07 Å². The molecule has 1 aliphatic carbocycles. The molecule has 0 saturated heterocycles. The summed E-state index contributed by atoms with van der Waals surface area (Å²) in [5, 5.41) is 5.10. The molecule has 2 N–H and O–H groups in total. The van der Waals surface area contributed by atoms with Crippen molar-refractivity contribution < 1.29 is 18.0 Å². The number of hydrogen-bond donors (Lipinski definition) is 2. The molecule has 0 bridgehead atoms. The molecule has 2 amide bonds. The molecule has 7 heteroatoms. The van der Waals surface area contributed by atoms with Crippen molar-refractivity contribution in [1.82, 2.24) is 4.57 Å². The number of nitrogens with one attached hydrogen (secondary N) is 2. The van der Waals surface area contributed by atoms with Crippen LogP contribution in [0.5, 0.6) is 0 Å². The maximum atomic E-state index is 12.8. The lowest BCUT2D eigenvalue weighted by atomic mass is 10.1. The van der Waals surface area contributed by atoms with Crippen LogP contribution >= 0.6 is 0 Å². The second-order valence-electron chi connectivity index (χ2n) is 7.53. The van der Waals surface area contributed by atoms with Crippen LogP contribution in [0.15, 0.2) is 48.5 Å². The first-order valence-electron chi connectivity index (χ1n) is 9.79. The van der Waals surface area contributed by atoms with E-state index in [0.29, 0.717) is 5.69 Å². The first-order valence-corrected chi connectivity index (χ1v) is 9.79. The zero-order valence-electron chi connectivity index (χ0n) is 16.7. The third-order valence-electron chi connectivity index (χ3n) is 5.62. The fourth-order valence-corrected chi connectivity index (χ4v) is 4.08. The van der Waals surface area contributed by atoms with E-state index < -0.39 is 17.8 Å². The average molecular weight is 413 g/mol. The zero-order chi connectivity index (χ0) is 21.5. The van der Waals surface area contributed by atoms with Gasteiger partial charge in [0.1, 0.15) is 0 Å². The zero-order valence-corrected chi connectivity index (χ0v) is 16.7. The minimum Gasteiger partial charge on any atom is -0.318 e. The maximum absolute atomic E-state index is 12.8. The Bertz CT molecular complexity index is 1100. The monoisotopic (exact) mass is 413 g/mol. The maximum Gasteiger partial charge on any atom is 0.416 e. The number of anilines is 2. The lowest BCUT2D eigenvalue weighted by Crippen LogP contribution is -2.19. The molecule has 0 aliphatic heterocycles. The first kappa shape index (κ1) is 20.1. The molecule has 2 aromatic carbocycles. The van der Waals surface area contributed by atoms with E-state index in [2.05, 4.69) is 29.0 Å². The van der Waals surface area contributed by atoms with E-state index in [-0.39, 0.29) is 5.69 Å². The molecule has 156 valence electrons. The molecular formula is C23H22F3N3O. The average Bonchev–Trinajstić information content (AvgIpc) is 3.25. The Morgan fingerprint density at radius 1 is 0.967 bits per heavy atom. The number of fused-ring (bicyclic) bond motifs is 1. The summed E-state index contributed by atoms with van der Waals surface area (Å²) in [4.78, 5) is 12.2. The first-order chi connectivity index (χ1) is 14.2. The molecular weight excluding hydrogens is 391 g/mol. The molecule has 3 aromatic rings. The molecule has 30 heavy (non-hydrogen) atoms. The van der Waals surface area contributed by atoms with E-state index in [0.717, 1.165) is 30.7 Å². The number of alkyl halides is 3. The van der Waals surface area contributed by atoms with Crippen LogP contribution in [0.1, 0.15) is 34.5 Å². The Morgan fingerprint density at radius 2 is 1.67 bits per heavy atom. The molecule has 4 rings (SSSR count). The lowest BCUT2D eigenvalue weighted by molar-refractivity contribution is -0.137. The molecule has 1 heterocycles. The summed E-state index contributed by atoms with van der Waals surface area (Å²) >= 11 is 0. The van der Waals surface area contributed by atoms with Gasteiger partial charge >= 0.3 is 12.2 Å². The van der Waals surface area contributed by atoms with Crippen LogP contribution in [0.4, 0.5) is 29.3 Å². The summed E-state index contributed by atoms with van der Waals surface area (Å²) in [6, 6.07) is 11.4. The van der Waals surface area contributed by atoms with Gasteiger partial charge in [-0.25, -0.2) is 4.79 Å². The quantitative estimate of drug-likeness (QED) is 0.524. The summed E-state index contributed by atoms with van der Waals surface area (Å²) < 4.78 is 40.7. The number of hydrogen-bond acceptors (Lipinski definition) is 1. The highest BCUT2D eigenvalue weighted by atomic mass is 19.4. The van der Waals surface area contributed by atoms with E-state index in [1.165, 1.54) is 41.1 Å². The van der Waals surface area contributed by atoms with Crippen molar-refractivity contribution in [1.29, 1.82) is 0 Å². The smallest absolute Gasteiger partial charge is 0.318 e. The van der Waals surface area contributed by atoms with Gasteiger partial charge in [-0.05, 0) is 86.7 Å². The summed E-state index contributed by atoms with van der Waals surface area (Å²) in [5.41, 5.74) is 6.21. The summed E-state index contributed by atoms with van der Waals surface area (Å²) in [6.07, 6.45) is -1.12. The van der Waals surface area contributed by atoms with Crippen LogP contribution in [0.25, 0.3) is 5.69 Å². The number of nitrogens with zero attached hydrogens (tertiary/aromatic N) is 1. The Balaban J connectivity index is 1.47. The van der Waals surface area contributed by atoms with Crippen LogP contribution in [-0.4, -0.2) is 10.6 Å². The normalized spacial score (nSPS) is 13.2. The molecule has 0 spiro atoms. The SMILES string of the molecule is Cc1c2c(n(-c3ccc(NC(=O)Nc4cccc(C(F)(F)F)c4)cc3)c1C)CCC2. The van der Waals surface area contributed by atoms with Crippen molar-refractivity contribution in [3.8, 4) is 5.69 Å². The van der Waals surface area contributed by atoms with Crippen molar-refractivity contribution in [3.63, 3.8) is 0 Å². The van der Waals surface area contributed by atoms with Gasteiger partial charge in [0, 0.05) is 28.5 Å². The molecule has 4 nitrogen and oxygen atoms in total. The summed E-state index contributed by atoms with van der Waals surface area (Å²) in [7, 11) is 0. The second kappa shape index (κ2) is 7.55. The second-order valence-corrected chi connectivity index (χ2v) is 7.53. The number of carbonyl (C=O) groups is 1. The lowest BCUT2D eigenvalue weighted by Gasteiger charge is -2.13. The minimum atomic E-state index is -4.46. The number of rotatable bonds is 3. The van der Waals surface area contributed by atoms with Gasteiger partial charge in [-0.2, -0.15) is 13.2 Å². The van der Waals surface area contributed by atoms with Crippen molar-refractivity contribution in [2.75, 3.05) is 10.6 Å². The van der Waals surface area contributed by atoms with Crippen LogP contribution in [0.3, 0.4) is 0 Å². The third-order valence-corrected chi connectivity index (χ3v) is 5.62. The van der Waals surface area contributed by atoms with E-state index in [9.17, 15) is 18.0 Å². The van der Waals surface area contributed by atoms with E-state index >= 15 is 0 Å². The van der Waals surface area contributed by atoms with Gasteiger partial charge in [0.2, 0.25) is 0 Å². The Labute approximate surface area is 172 Å². The fourth-order valence-electron chi connectivity index (χ4n) is 4.08. The molecule has 0 fully saturated rings.